The van der Waals surface area contributed by atoms with Crippen LogP contribution < -0.4 is 0 Å². The Hall–Kier alpha value is -1.52. The number of likely N-dealkylation sites (tertiary alicyclic amines) is 1. The molecule has 1 saturated heterocycles. The summed E-state index contributed by atoms with van der Waals surface area (Å²) in [6, 6.07) is 0.0300. The predicted octanol–water partition coefficient (Wildman–Crippen LogP) is 2.97. The van der Waals surface area contributed by atoms with Gasteiger partial charge >= 0.3 is 12.0 Å². The van der Waals surface area contributed by atoms with Gasteiger partial charge in [-0.15, -0.1) is 6.58 Å². The fourth-order valence-electron chi connectivity index (χ4n) is 2.74. The third-order valence-electron chi connectivity index (χ3n) is 3.91. The highest BCUT2D eigenvalue weighted by Crippen LogP contribution is 2.24. The molecule has 1 aliphatic rings. The standard InChI is InChI=1S/C16H28N2O3/c1-5-10-18(16(2,3)4)15(21)17-11-6-7-13(12-17)8-9-14(19)20/h5,13H,1,6-12H2,2-4H3,(H,19,20). The van der Waals surface area contributed by atoms with E-state index in [4.69, 9.17) is 5.11 Å². The Morgan fingerprint density at radius 3 is 2.62 bits per heavy atom. The number of carboxylic acid groups (broad SMARTS) is 1. The summed E-state index contributed by atoms with van der Waals surface area (Å²) in [6.45, 7) is 11.7. The maximum absolute atomic E-state index is 12.7. The van der Waals surface area contributed by atoms with E-state index in [1.165, 1.54) is 0 Å². The molecule has 0 bridgehead atoms. The third-order valence-corrected chi connectivity index (χ3v) is 3.91. The molecule has 0 spiro atoms. The van der Waals surface area contributed by atoms with Gasteiger partial charge in [0.05, 0.1) is 0 Å². The van der Waals surface area contributed by atoms with Gasteiger partial charge in [0.15, 0.2) is 0 Å². The zero-order chi connectivity index (χ0) is 16.0. The minimum Gasteiger partial charge on any atom is -0.481 e. The Morgan fingerprint density at radius 1 is 1.43 bits per heavy atom. The number of aliphatic carboxylic acids is 1. The fourth-order valence-corrected chi connectivity index (χ4v) is 2.74. The largest absolute Gasteiger partial charge is 0.481 e. The van der Waals surface area contributed by atoms with E-state index in [0.29, 0.717) is 25.4 Å². The van der Waals surface area contributed by atoms with Crippen LogP contribution in [0.1, 0.15) is 46.5 Å². The lowest BCUT2D eigenvalue weighted by atomic mass is 9.93. The summed E-state index contributed by atoms with van der Waals surface area (Å²) in [4.78, 5) is 27.1. The number of hydrogen-bond donors (Lipinski definition) is 1. The number of nitrogens with zero attached hydrogens (tertiary/aromatic N) is 2. The highest BCUT2D eigenvalue weighted by molar-refractivity contribution is 5.75. The Labute approximate surface area is 127 Å². The number of urea groups is 1. The van der Waals surface area contributed by atoms with Gasteiger partial charge in [0.2, 0.25) is 0 Å². The molecule has 1 aliphatic heterocycles. The van der Waals surface area contributed by atoms with Crippen LogP contribution in [0, 0.1) is 5.92 Å². The van der Waals surface area contributed by atoms with Crippen LogP contribution in [-0.2, 0) is 4.79 Å². The van der Waals surface area contributed by atoms with Crippen LogP contribution in [0.5, 0.6) is 0 Å². The highest BCUT2D eigenvalue weighted by atomic mass is 16.4. The van der Waals surface area contributed by atoms with Crippen molar-refractivity contribution in [1.29, 1.82) is 0 Å². The van der Waals surface area contributed by atoms with E-state index in [0.717, 1.165) is 19.4 Å². The SMILES string of the molecule is C=CCN(C(=O)N1CCCC(CCC(=O)O)C1)C(C)(C)C. The van der Waals surface area contributed by atoms with Gasteiger partial charge < -0.3 is 14.9 Å². The summed E-state index contributed by atoms with van der Waals surface area (Å²) in [5.41, 5.74) is -0.251. The van der Waals surface area contributed by atoms with Gasteiger partial charge in [-0.05, 0) is 46.0 Å². The van der Waals surface area contributed by atoms with E-state index >= 15 is 0 Å². The maximum atomic E-state index is 12.7. The van der Waals surface area contributed by atoms with Crippen LogP contribution in [0.4, 0.5) is 4.79 Å². The van der Waals surface area contributed by atoms with E-state index in [1.54, 1.807) is 6.08 Å². The predicted molar refractivity (Wildman–Crippen MR) is 83.2 cm³/mol. The molecule has 1 unspecified atom stereocenters. The minimum atomic E-state index is -0.763. The van der Waals surface area contributed by atoms with Crippen LogP contribution in [-0.4, -0.2) is 52.1 Å². The number of carboxylic acids is 1. The Morgan fingerprint density at radius 2 is 2.10 bits per heavy atom. The number of hydrogen-bond acceptors (Lipinski definition) is 2. The van der Waals surface area contributed by atoms with Crippen molar-refractivity contribution in [1.82, 2.24) is 9.80 Å². The number of amides is 2. The zero-order valence-corrected chi connectivity index (χ0v) is 13.5. The lowest BCUT2D eigenvalue weighted by molar-refractivity contribution is -0.137. The van der Waals surface area contributed by atoms with Crippen LogP contribution in [0.3, 0.4) is 0 Å². The van der Waals surface area contributed by atoms with Gasteiger partial charge in [0, 0.05) is 31.6 Å². The summed E-state index contributed by atoms with van der Waals surface area (Å²) in [5, 5.41) is 8.78. The lowest BCUT2D eigenvalue weighted by Crippen LogP contribution is -2.54. The monoisotopic (exact) mass is 296 g/mol. The summed E-state index contributed by atoms with van der Waals surface area (Å²) < 4.78 is 0. The summed E-state index contributed by atoms with van der Waals surface area (Å²) in [7, 11) is 0. The van der Waals surface area contributed by atoms with Crippen molar-refractivity contribution in [2.24, 2.45) is 5.92 Å². The van der Waals surface area contributed by atoms with Gasteiger partial charge in [0.25, 0.3) is 0 Å². The molecule has 0 aromatic rings. The quantitative estimate of drug-likeness (QED) is 0.793. The molecule has 1 fully saturated rings. The van der Waals surface area contributed by atoms with Crippen molar-refractivity contribution < 1.29 is 14.7 Å². The topological polar surface area (TPSA) is 60.9 Å². The molecule has 0 aromatic heterocycles. The van der Waals surface area contributed by atoms with Gasteiger partial charge in [-0.25, -0.2) is 4.79 Å². The third kappa shape index (κ3) is 5.40. The summed E-state index contributed by atoms with van der Waals surface area (Å²) >= 11 is 0. The van der Waals surface area contributed by atoms with Crippen molar-refractivity contribution in [3.8, 4) is 0 Å². The molecular formula is C16H28N2O3. The normalized spacial score (nSPS) is 19.2. The number of rotatable bonds is 5. The van der Waals surface area contributed by atoms with E-state index in [1.807, 2.05) is 30.6 Å². The molecule has 1 N–H and O–H groups in total. The Bertz CT molecular complexity index is 387. The molecule has 5 nitrogen and oxygen atoms in total. The number of piperidine rings is 1. The Balaban J connectivity index is 2.67. The molecular weight excluding hydrogens is 268 g/mol. The van der Waals surface area contributed by atoms with Gasteiger partial charge in [-0.1, -0.05) is 6.08 Å². The molecule has 2 amide bonds. The maximum Gasteiger partial charge on any atom is 0.320 e. The smallest absolute Gasteiger partial charge is 0.320 e. The molecule has 120 valence electrons. The molecule has 1 atom stereocenters. The van der Waals surface area contributed by atoms with Crippen LogP contribution in [0.15, 0.2) is 12.7 Å². The molecule has 0 saturated carbocycles. The average molecular weight is 296 g/mol. The average Bonchev–Trinajstić information content (AvgIpc) is 2.41. The molecule has 0 aliphatic carbocycles. The van der Waals surface area contributed by atoms with Crippen LogP contribution >= 0.6 is 0 Å². The fraction of sp³-hybridized carbons (Fsp3) is 0.750. The van der Waals surface area contributed by atoms with Crippen molar-refractivity contribution >= 4 is 12.0 Å². The second-order valence-corrected chi connectivity index (χ2v) is 6.74. The van der Waals surface area contributed by atoms with E-state index < -0.39 is 5.97 Å². The molecule has 21 heavy (non-hydrogen) atoms. The second kappa shape index (κ2) is 7.48. The number of carbonyl (C=O) groups excluding carboxylic acids is 1. The van der Waals surface area contributed by atoms with Crippen LogP contribution in [0.2, 0.25) is 0 Å². The van der Waals surface area contributed by atoms with E-state index in [9.17, 15) is 9.59 Å². The van der Waals surface area contributed by atoms with E-state index in [-0.39, 0.29) is 18.0 Å². The van der Waals surface area contributed by atoms with Crippen molar-refractivity contribution in [3.05, 3.63) is 12.7 Å². The zero-order valence-electron chi connectivity index (χ0n) is 13.5. The first kappa shape index (κ1) is 17.5. The van der Waals surface area contributed by atoms with Crippen molar-refractivity contribution in [3.63, 3.8) is 0 Å². The second-order valence-electron chi connectivity index (χ2n) is 6.74. The Kier molecular flexibility index (Phi) is 6.24. The first-order chi connectivity index (χ1) is 9.75. The molecule has 0 radical (unpaired) electrons. The summed E-state index contributed by atoms with van der Waals surface area (Å²) in [5.74, 6) is -0.467. The molecule has 0 aromatic carbocycles. The van der Waals surface area contributed by atoms with Crippen LogP contribution in [0.25, 0.3) is 0 Å². The van der Waals surface area contributed by atoms with Crippen molar-refractivity contribution in [2.75, 3.05) is 19.6 Å². The number of carbonyl (C=O) groups is 2. The van der Waals surface area contributed by atoms with E-state index in [2.05, 4.69) is 6.58 Å². The summed E-state index contributed by atoms with van der Waals surface area (Å²) in [6.07, 6.45) is 4.53. The first-order valence-corrected chi connectivity index (χ1v) is 7.65. The lowest BCUT2D eigenvalue weighted by Gasteiger charge is -2.41. The molecule has 5 heteroatoms. The van der Waals surface area contributed by atoms with Gasteiger partial charge in [-0.3, -0.25) is 4.79 Å². The molecule has 1 heterocycles. The first-order valence-electron chi connectivity index (χ1n) is 7.65. The van der Waals surface area contributed by atoms with Gasteiger partial charge in [-0.2, -0.15) is 0 Å². The molecule has 1 rings (SSSR count). The minimum absolute atomic E-state index is 0.0300. The highest BCUT2D eigenvalue weighted by Gasteiger charge is 2.32. The van der Waals surface area contributed by atoms with Crippen molar-refractivity contribution in [2.45, 2.75) is 52.0 Å². The van der Waals surface area contributed by atoms with Gasteiger partial charge in [0.1, 0.15) is 0 Å².